The van der Waals surface area contributed by atoms with Gasteiger partial charge >= 0.3 is 0 Å². The Morgan fingerprint density at radius 3 is 2.77 bits per heavy atom. The molecule has 4 N–H and O–H groups in total. The number of aromatic nitrogens is 3. The largest absolute Gasteiger partial charge is 0.492 e. The summed E-state index contributed by atoms with van der Waals surface area (Å²) in [4.78, 5) is 14.7. The van der Waals surface area contributed by atoms with Gasteiger partial charge in [-0.2, -0.15) is 4.31 Å². The van der Waals surface area contributed by atoms with Crippen LogP contribution in [0, 0.1) is 21.1 Å². The van der Waals surface area contributed by atoms with Gasteiger partial charge in [0.2, 0.25) is 0 Å². The Labute approximate surface area is 213 Å². The molecule has 3 aromatic rings. The van der Waals surface area contributed by atoms with E-state index in [-0.39, 0.29) is 46.9 Å². The van der Waals surface area contributed by atoms with Crippen LogP contribution in [0.4, 0.5) is 20.2 Å². The van der Waals surface area contributed by atoms with Crippen LogP contribution in [0.1, 0.15) is 23.2 Å². The van der Waals surface area contributed by atoms with Crippen LogP contribution in [0.15, 0.2) is 41.8 Å². The lowest BCUT2D eigenvalue weighted by molar-refractivity contribution is 0.0995. The molecule has 0 radical (unpaired) electrons. The summed E-state index contributed by atoms with van der Waals surface area (Å²) in [6, 6.07) is 6.43. The molecular formula is C21H21F2IN6O4S. The highest BCUT2D eigenvalue weighted by Gasteiger charge is 2.33. The van der Waals surface area contributed by atoms with Crippen LogP contribution in [-0.4, -0.2) is 53.5 Å². The first-order chi connectivity index (χ1) is 16.6. The molecule has 1 aliphatic heterocycles. The average Bonchev–Trinajstić information content (AvgIpc) is 3.35. The fraction of sp³-hybridized carbons (Fsp3) is 0.286. The zero-order valence-electron chi connectivity index (χ0n) is 18.2. The third-order valence-corrected chi connectivity index (χ3v) is 7.82. The molecule has 1 aliphatic rings. The minimum atomic E-state index is -3.84. The van der Waals surface area contributed by atoms with Gasteiger partial charge in [0, 0.05) is 28.6 Å². The van der Waals surface area contributed by atoms with E-state index < -0.39 is 27.6 Å². The molecule has 35 heavy (non-hydrogen) atoms. The van der Waals surface area contributed by atoms with Crippen LogP contribution in [-0.2, 0) is 10.0 Å². The molecule has 0 saturated carbocycles. The van der Waals surface area contributed by atoms with Crippen molar-refractivity contribution in [3.63, 3.8) is 0 Å². The number of anilines is 2. The number of rotatable bonds is 8. The van der Waals surface area contributed by atoms with Gasteiger partial charge < -0.3 is 20.8 Å². The van der Waals surface area contributed by atoms with E-state index in [2.05, 4.69) is 20.5 Å². The number of piperidine rings is 1. The van der Waals surface area contributed by atoms with E-state index in [1.165, 1.54) is 22.8 Å². The molecular weight excluding hydrogens is 597 g/mol. The molecule has 1 saturated heterocycles. The minimum absolute atomic E-state index is 0.00346. The summed E-state index contributed by atoms with van der Waals surface area (Å²) in [5, 5.41) is 9.56. The molecule has 14 heteroatoms. The maximum absolute atomic E-state index is 14.4. The van der Waals surface area contributed by atoms with E-state index in [9.17, 15) is 22.0 Å². The molecule has 0 spiro atoms. The van der Waals surface area contributed by atoms with Crippen molar-refractivity contribution < 1.29 is 26.7 Å². The third kappa shape index (κ3) is 5.70. The zero-order chi connectivity index (χ0) is 25.2. The van der Waals surface area contributed by atoms with Crippen LogP contribution in [0.3, 0.4) is 0 Å². The first-order valence-corrected chi connectivity index (χ1v) is 13.0. The number of hydrogen-bond acceptors (Lipinski definition) is 7. The maximum Gasteiger partial charge on any atom is 0.278 e. The van der Waals surface area contributed by atoms with Crippen molar-refractivity contribution in [2.75, 3.05) is 25.0 Å². The van der Waals surface area contributed by atoms with E-state index in [1.54, 1.807) is 6.07 Å². The number of halogens is 3. The fourth-order valence-electron chi connectivity index (χ4n) is 3.82. The molecule has 0 aliphatic carbocycles. The first kappa shape index (κ1) is 25.2. The highest BCUT2D eigenvalue weighted by Crippen LogP contribution is 2.32. The lowest BCUT2D eigenvalue weighted by atomic mass is 10.0. The smallest absolute Gasteiger partial charge is 0.278 e. The SMILES string of the molecule is NC(=O)c1c(Nc2ccc(I)cc2F)cc(F)cc1OCC1CCCN(S(=O)(=O)c2nnc[nH]2)C1. The van der Waals surface area contributed by atoms with Crippen molar-refractivity contribution in [3.05, 3.63) is 57.4 Å². The lowest BCUT2D eigenvalue weighted by Crippen LogP contribution is -2.42. The monoisotopic (exact) mass is 618 g/mol. The number of nitrogens with zero attached hydrogens (tertiary/aromatic N) is 3. The fourth-order valence-corrected chi connectivity index (χ4v) is 5.64. The summed E-state index contributed by atoms with van der Waals surface area (Å²) < 4.78 is 61.9. The third-order valence-electron chi connectivity index (χ3n) is 5.45. The zero-order valence-corrected chi connectivity index (χ0v) is 21.1. The lowest BCUT2D eigenvalue weighted by Gasteiger charge is -2.31. The van der Waals surface area contributed by atoms with E-state index >= 15 is 0 Å². The van der Waals surface area contributed by atoms with Gasteiger partial charge in [0.1, 0.15) is 29.3 Å². The minimum Gasteiger partial charge on any atom is -0.492 e. The second-order valence-electron chi connectivity index (χ2n) is 7.92. The maximum atomic E-state index is 14.4. The van der Waals surface area contributed by atoms with Crippen LogP contribution in [0.25, 0.3) is 0 Å². The first-order valence-electron chi connectivity index (χ1n) is 10.5. The normalized spacial score (nSPS) is 16.7. The number of sulfonamides is 1. The van der Waals surface area contributed by atoms with Gasteiger partial charge in [-0.15, -0.1) is 10.2 Å². The Morgan fingerprint density at radius 2 is 2.09 bits per heavy atom. The van der Waals surface area contributed by atoms with Crippen LogP contribution in [0.5, 0.6) is 5.75 Å². The molecule has 1 aromatic heterocycles. The second-order valence-corrected chi connectivity index (χ2v) is 11.0. The average molecular weight is 618 g/mol. The molecule has 2 aromatic carbocycles. The predicted molar refractivity (Wildman–Crippen MR) is 131 cm³/mol. The van der Waals surface area contributed by atoms with Crippen LogP contribution >= 0.6 is 22.6 Å². The number of carbonyl (C=O) groups is 1. The van der Waals surface area contributed by atoms with Gasteiger partial charge in [0.25, 0.3) is 21.1 Å². The van der Waals surface area contributed by atoms with Gasteiger partial charge in [-0.1, -0.05) is 0 Å². The number of H-pyrrole nitrogens is 1. The Balaban J connectivity index is 1.53. The molecule has 1 unspecified atom stereocenters. The number of nitrogens with two attached hydrogens (primary N) is 1. The number of ether oxygens (including phenoxy) is 1. The van der Waals surface area contributed by atoms with Crippen molar-refractivity contribution in [1.29, 1.82) is 0 Å². The predicted octanol–water partition coefficient (Wildman–Crippen LogP) is 3.01. The highest BCUT2D eigenvalue weighted by molar-refractivity contribution is 14.1. The number of carbonyl (C=O) groups excluding carboxylic acids is 1. The van der Waals surface area contributed by atoms with E-state index in [0.29, 0.717) is 23.0 Å². The standard InChI is InChI=1S/C21H21F2IN6O4S/c22-13-6-17(28-16-4-3-14(24)8-15(16)23)19(20(25)31)18(7-13)34-10-12-2-1-5-30(9-12)35(32,33)21-26-11-27-29-21/h3-4,6-8,11-12,28H,1-2,5,9-10H2,(H2,25,31)(H,26,27,29). The van der Waals surface area contributed by atoms with Gasteiger partial charge in [-0.25, -0.2) is 17.2 Å². The number of hydrogen-bond donors (Lipinski definition) is 3. The number of aromatic amines is 1. The summed E-state index contributed by atoms with van der Waals surface area (Å²) in [7, 11) is -3.84. The Morgan fingerprint density at radius 1 is 1.29 bits per heavy atom. The van der Waals surface area contributed by atoms with Crippen LogP contribution in [0.2, 0.25) is 0 Å². The van der Waals surface area contributed by atoms with Crippen molar-refractivity contribution in [2.24, 2.45) is 11.7 Å². The summed E-state index contributed by atoms with van der Waals surface area (Å²) in [6.07, 6.45) is 2.41. The molecule has 2 heterocycles. The molecule has 1 fully saturated rings. The molecule has 4 rings (SSSR count). The Kier molecular flexibility index (Phi) is 7.51. The number of nitrogens with one attached hydrogen (secondary N) is 2. The summed E-state index contributed by atoms with van der Waals surface area (Å²) in [6.45, 7) is 0.453. The van der Waals surface area contributed by atoms with Crippen molar-refractivity contribution >= 4 is 49.9 Å². The topological polar surface area (TPSA) is 143 Å². The molecule has 1 amide bonds. The van der Waals surface area contributed by atoms with Crippen molar-refractivity contribution in [1.82, 2.24) is 19.5 Å². The second kappa shape index (κ2) is 10.4. The number of primary amides is 1. The van der Waals surface area contributed by atoms with E-state index in [1.807, 2.05) is 22.6 Å². The van der Waals surface area contributed by atoms with Gasteiger partial charge in [-0.05, 0) is 59.7 Å². The number of amides is 1. The van der Waals surface area contributed by atoms with Crippen LogP contribution < -0.4 is 15.8 Å². The van der Waals surface area contributed by atoms with Crippen molar-refractivity contribution in [3.8, 4) is 5.75 Å². The van der Waals surface area contributed by atoms with E-state index in [0.717, 1.165) is 12.1 Å². The summed E-state index contributed by atoms with van der Waals surface area (Å²) in [5.74, 6) is -2.57. The summed E-state index contributed by atoms with van der Waals surface area (Å²) >= 11 is 1.95. The quantitative estimate of drug-likeness (QED) is 0.330. The molecule has 1 atom stereocenters. The van der Waals surface area contributed by atoms with E-state index in [4.69, 9.17) is 10.5 Å². The Bertz CT molecular complexity index is 1340. The van der Waals surface area contributed by atoms with Crippen molar-refractivity contribution in [2.45, 2.75) is 18.0 Å². The highest BCUT2D eigenvalue weighted by atomic mass is 127. The van der Waals surface area contributed by atoms with Gasteiger partial charge in [0.15, 0.2) is 0 Å². The molecule has 186 valence electrons. The van der Waals surface area contributed by atoms with Gasteiger partial charge in [-0.3, -0.25) is 4.79 Å². The number of benzene rings is 2. The van der Waals surface area contributed by atoms with Gasteiger partial charge in [0.05, 0.1) is 18.0 Å². The Hall–Kier alpha value is -2.85. The summed E-state index contributed by atoms with van der Waals surface area (Å²) in [5.41, 5.74) is 5.38. The molecule has 10 nitrogen and oxygen atoms in total. The molecule has 0 bridgehead atoms.